The van der Waals surface area contributed by atoms with Gasteiger partial charge in [0.1, 0.15) is 12.6 Å². The summed E-state index contributed by atoms with van der Waals surface area (Å²) in [6.45, 7) is 3.23. The molecule has 1 fully saturated rings. The van der Waals surface area contributed by atoms with E-state index in [1.165, 1.54) is 19.0 Å². The van der Waals surface area contributed by atoms with Crippen LogP contribution in [-0.2, 0) is 32.8 Å². The van der Waals surface area contributed by atoms with Crippen molar-refractivity contribution >= 4 is 39.3 Å². The summed E-state index contributed by atoms with van der Waals surface area (Å²) in [6.07, 6.45) is 4.14. The molecule has 1 atom stereocenters. The third kappa shape index (κ3) is 8.16. The third-order valence-electron chi connectivity index (χ3n) is 7.92. The van der Waals surface area contributed by atoms with E-state index in [0.29, 0.717) is 21.8 Å². The van der Waals surface area contributed by atoms with E-state index in [2.05, 4.69) is 5.32 Å². The fourth-order valence-corrected chi connectivity index (χ4v) is 6.73. The van der Waals surface area contributed by atoms with E-state index in [4.69, 9.17) is 11.6 Å². The number of hydrogen-bond acceptors (Lipinski definition) is 4. The molecule has 1 saturated carbocycles. The average Bonchev–Trinajstić information content (AvgIpc) is 3.49. The van der Waals surface area contributed by atoms with Gasteiger partial charge in [0, 0.05) is 38.1 Å². The molecule has 1 aliphatic rings. The Hall–Kier alpha value is -3.40. The molecule has 1 aliphatic carbocycles. The molecule has 0 radical (unpaired) electrons. The minimum absolute atomic E-state index is 0.0384. The summed E-state index contributed by atoms with van der Waals surface area (Å²) in [5.74, 6) is -0.765. The van der Waals surface area contributed by atoms with Crippen molar-refractivity contribution in [1.29, 1.82) is 0 Å². The highest BCUT2D eigenvalue weighted by atomic mass is 35.5. The van der Waals surface area contributed by atoms with Gasteiger partial charge in [-0.25, -0.2) is 4.31 Å². The Labute approximate surface area is 260 Å². The first kappa shape index (κ1) is 32.5. The molecule has 0 heterocycles. The first-order valence-electron chi connectivity index (χ1n) is 14.6. The lowest BCUT2D eigenvalue weighted by atomic mass is 10.0. The van der Waals surface area contributed by atoms with E-state index in [9.17, 15) is 18.0 Å². The van der Waals surface area contributed by atoms with Crippen molar-refractivity contribution in [3.05, 3.63) is 100 Å². The van der Waals surface area contributed by atoms with Gasteiger partial charge in [0.15, 0.2) is 0 Å². The Morgan fingerprint density at radius 1 is 0.953 bits per heavy atom. The molecule has 0 spiro atoms. The Balaban J connectivity index is 1.79. The number of benzene rings is 3. The minimum Gasteiger partial charge on any atom is -0.352 e. The summed E-state index contributed by atoms with van der Waals surface area (Å²) in [7, 11) is -1.20. The van der Waals surface area contributed by atoms with Gasteiger partial charge < -0.3 is 10.2 Å². The highest BCUT2D eigenvalue weighted by Crippen LogP contribution is 2.27. The normalized spacial score (nSPS) is 14.5. The number of hydrogen-bond donors (Lipinski definition) is 1. The monoisotopic (exact) mass is 624 g/mol. The number of anilines is 1. The zero-order valence-corrected chi connectivity index (χ0v) is 26.9. The van der Waals surface area contributed by atoms with Gasteiger partial charge in [-0.1, -0.05) is 85.1 Å². The zero-order chi connectivity index (χ0) is 31.1. The predicted octanol–water partition coefficient (Wildman–Crippen LogP) is 5.27. The smallest absolute Gasteiger partial charge is 0.304 e. The topological polar surface area (TPSA) is 90.0 Å². The van der Waals surface area contributed by atoms with Crippen molar-refractivity contribution in [2.75, 3.05) is 24.9 Å². The number of carbonyl (C=O) groups excluding carboxylic acids is 2. The number of amides is 2. The molecule has 0 aromatic heterocycles. The number of carbonyl (C=O) groups is 2. The van der Waals surface area contributed by atoms with Crippen LogP contribution in [0.4, 0.5) is 5.69 Å². The van der Waals surface area contributed by atoms with Gasteiger partial charge >= 0.3 is 10.2 Å². The molecule has 10 heteroatoms. The maximum atomic E-state index is 14.5. The standard InChI is InChI=1S/C33H41ClN4O4S/c1-24-18-19-25(2)30(20-24)38(43(41,42)36(3)4)23-32(39)37(22-27-14-8-11-17-29(27)34)31(21-26-12-6-5-7-13-26)33(40)35-28-15-9-10-16-28/h5-8,11-14,17-20,28,31H,9-10,15-16,21-23H2,1-4H3,(H,35,40)/t31-/m0/s1. The number of rotatable bonds is 12. The molecule has 1 N–H and O–H groups in total. The van der Waals surface area contributed by atoms with Crippen molar-refractivity contribution in [2.45, 2.75) is 64.6 Å². The molecule has 0 aliphatic heterocycles. The van der Waals surface area contributed by atoms with Gasteiger partial charge in [0.05, 0.1) is 5.69 Å². The summed E-state index contributed by atoms with van der Waals surface area (Å²) >= 11 is 6.56. The van der Waals surface area contributed by atoms with Crippen molar-refractivity contribution in [3.8, 4) is 0 Å². The van der Waals surface area contributed by atoms with Crippen LogP contribution in [0.1, 0.15) is 47.9 Å². The number of nitrogens with zero attached hydrogens (tertiary/aromatic N) is 3. The van der Waals surface area contributed by atoms with Crippen molar-refractivity contribution in [1.82, 2.24) is 14.5 Å². The van der Waals surface area contributed by atoms with Gasteiger partial charge in [-0.15, -0.1) is 0 Å². The quantitative estimate of drug-likeness (QED) is 0.297. The van der Waals surface area contributed by atoms with Gasteiger partial charge in [0.25, 0.3) is 0 Å². The van der Waals surface area contributed by atoms with Crippen LogP contribution in [0.25, 0.3) is 0 Å². The van der Waals surface area contributed by atoms with E-state index >= 15 is 0 Å². The molecule has 3 aromatic rings. The predicted molar refractivity (Wildman–Crippen MR) is 172 cm³/mol. The highest BCUT2D eigenvalue weighted by Gasteiger charge is 2.36. The largest absolute Gasteiger partial charge is 0.352 e. The van der Waals surface area contributed by atoms with Crippen LogP contribution in [0, 0.1) is 13.8 Å². The Kier molecular flexibility index (Phi) is 10.9. The van der Waals surface area contributed by atoms with Gasteiger partial charge in [-0.2, -0.15) is 12.7 Å². The summed E-state index contributed by atoms with van der Waals surface area (Å²) in [4.78, 5) is 30.0. The van der Waals surface area contributed by atoms with Crippen LogP contribution >= 0.6 is 11.6 Å². The number of nitrogens with one attached hydrogen (secondary N) is 1. The van der Waals surface area contributed by atoms with Crippen LogP contribution < -0.4 is 9.62 Å². The molecule has 0 saturated heterocycles. The van der Waals surface area contributed by atoms with Gasteiger partial charge in [-0.05, 0) is 61.1 Å². The molecular formula is C33H41ClN4O4S. The Bertz CT molecular complexity index is 1520. The van der Waals surface area contributed by atoms with E-state index in [-0.39, 0.29) is 24.9 Å². The fraction of sp³-hybridized carbons (Fsp3) is 0.394. The van der Waals surface area contributed by atoms with E-state index in [1.807, 2.05) is 68.4 Å². The fourth-order valence-electron chi connectivity index (χ4n) is 5.42. The maximum absolute atomic E-state index is 14.5. The summed E-state index contributed by atoms with van der Waals surface area (Å²) in [5.41, 5.74) is 3.53. The minimum atomic E-state index is -4.07. The van der Waals surface area contributed by atoms with Crippen molar-refractivity contribution < 1.29 is 18.0 Å². The van der Waals surface area contributed by atoms with Crippen LogP contribution in [0.15, 0.2) is 72.8 Å². The maximum Gasteiger partial charge on any atom is 0.304 e. The van der Waals surface area contributed by atoms with Gasteiger partial charge in [0.2, 0.25) is 11.8 Å². The first-order valence-corrected chi connectivity index (χ1v) is 16.4. The number of halogens is 1. The molecule has 0 bridgehead atoms. The highest BCUT2D eigenvalue weighted by molar-refractivity contribution is 7.90. The zero-order valence-electron chi connectivity index (χ0n) is 25.3. The van der Waals surface area contributed by atoms with E-state index in [0.717, 1.165) is 45.4 Å². The summed E-state index contributed by atoms with van der Waals surface area (Å²) < 4.78 is 29.6. The summed E-state index contributed by atoms with van der Waals surface area (Å²) in [5, 5.41) is 3.64. The van der Waals surface area contributed by atoms with Crippen LogP contribution in [0.2, 0.25) is 5.02 Å². The van der Waals surface area contributed by atoms with Crippen molar-refractivity contribution in [3.63, 3.8) is 0 Å². The Morgan fingerprint density at radius 2 is 1.60 bits per heavy atom. The van der Waals surface area contributed by atoms with Crippen molar-refractivity contribution in [2.24, 2.45) is 0 Å². The van der Waals surface area contributed by atoms with Crippen LogP contribution in [0.5, 0.6) is 0 Å². The molecule has 0 unspecified atom stereocenters. The second-order valence-corrected chi connectivity index (χ2v) is 13.9. The lowest BCUT2D eigenvalue weighted by Crippen LogP contribution is -2.55. The van der Waals surface area contributed by atoms with E-state index < -0.39 is 28.7 Å². The van der Waals surface area contributed by atoms with E-state index in [1.54, 1.807) is 18.2 Å². The molecule has 2 amide bonds. The SMILES string of the molecule is Cc1ccc(C)c(N(CC(=O)N(Cc2ccccc2Cl)[C@@H](Cc2ccccc2)C(=O)NC2CCCC2)S(=O)(=O)N(C)C)c1. The average molecular weight is 625 g/mol. The molecule has 3 aromatic carbocycles. The summed E-state index contributed by atoms with van der Waals surface area (Å²) in [6, 6.07) is 21.4. The second kappa shape index (κ2) is 14.4. The van der Waals surface area contributed by atoms with Crippen LogP contribution in [-0.4, -0.2) is 62.2 Å². The molecule has 8 nitrogen and oxygen atoms in total. The van der Waals surface area contributed by atoms with Crippen LogP contribution in [0.3, 0.4) is 0 Å². The number of aryl methyl sites for hydroxylation is 2. The molecule has 4 rings (SSSR count). The molecule has 43 heavy (non-hydrogen) atoms. The molecule has 230 valence electrons. The first-order chi connectivity index (χ1) is 20.5. The van der Waals surface area contributed by atoms with Gasteiger partial charge in [-0.3, -0.25) is 9.59 Å². The molecular weight excluding hydrogens is 584 g/mol. The lowest BCUT2D eigenvalue weighted by molar-refractivity contribution is -0.140. The third-order valence-corrected chi connectivity index (χ3v) is 10.1. The lowest BCUT2D eigenvalue weighted by Gasteiger charge is -2.35. The Morgan fingerprint density at radius 3 is 2.26 bits per heavy atom. The second-order valence-electron chi connectivity index (χ2n) is 11.4.